The second-order valence-electron chi connectivity index (χ2n) is 17.4. The number of nitrogens with one attached hydrogen (secondary N) is 1. The third-order valence-corrected chi connectivity index (χ3v) is 13.9. The number of nitro benzene ring substituents is 1. The number of methoxy groups -OCH3 is 2. The van der Waals surface area contributed by atoms with E-state index in [9.17, 15) is 25.0 Å². The van der Waals surface area contributed by atoms with E-state index in [0.717, 1.165) is 16.7 Å². The number of rotatable bonds is 26. The van der Waals surface area contributed by atoms with Crippen LogP contribution in [0.2, 0.25) is 0 Å². The number of nitriles is 1. The predicted octanol–water partition coefficient (Wildman–Crippen LogP) is 9.48. The molecule has 2 heterocycles. The van der Waals surface area contributed by atoms with E-state index in [0.29, 0.717) is 22.6 Å². The lowest BCUT2D eigenvalue weighted by atomic mass is 9.80. The van der Waals surface area contributed by atoms with Gasteiger partial charge in [0, 0.05) is 36.0 Å². The molecule has 388 valence electrons. The highest BCUT2D eigenvalue weighted by molar-refractivity contribution is 7.44. The minimum atomic E-state index is -2.00. The Morgan fingerprint density at radius 2 is 1.45 bits per heavy atom. The molecule has 19 nitrogen and oxygen atoms in total. The van der Waals surface area contributed by atoms with E-state index in [1.54, 1.807) is 56.7 Å². The van der Waals surface area contributed by atoms with Crippen LogP contribution in [0.25, 0.3) is 0 Å². The second kappa shape index (κ2) is 26.3. The molecule has 1 fully saturated rings. The van der Waals surface area contributed by atoms with Crippen molar-refractivity contribution in [2.45, 2.75) is 82.9 Å². The minimum Gasteiger partial charge on any atom is -0.497 e. The zero-order valence-electron chi connectivity index (χ0n) is 41.8. The Balaban J connectivity index is 1.31. The number of non-ortho nitro benzene ring substituents is 1. The highest BCUT2D eigenvalue weighted by Gasteiger charge is 2.51. The quantitative estimate of drug-likeness (QED) is 0.0102. The first kappa shape index (κ1) is 54.8. The SMILES string of the molecule is COc1ccc(C(OC[C@H]2O[C@@H](n3ccc(NC(=O)c4ccccc4)nc3=O)[C@H](OCOCc3ccc([N+](=O)[O-])cc3)[C@@H]2OOP(OCCC#N)N(C(C)C)C(C)C)(c2ccccc2)c2ccc(OC)cc2)cc1. The van der Waals surface area contributed by atoms with Gasteiger partial charge in [0.1, 0.15) is 41.9 Å². The highest BCUT2D eigenvalue weighted by atomic mass is 31.2. The second-order valence-corrected chi connectivity index (χ2v) is 18.8. The van der Waals surface area contributed by atoms with Gasteiger partial charge in [-0.1, -0.05) is 72.8 Å². The van der Waals surface area contributed by atoms with Crippen LogP contribution in [-0.2, 0) is 45.2 Å². The summed E-state index contributed by atoms with van der Waals surface area (Å²) in [6, 6.07) is 42.5. The van der Waals surface area contributed by atoms with E-state index in [4.69, 9.17) is 42.5 Å². The molecule has 74 heavy (non-hydrogen) atoms. The molecule has 1 aliphatic rings. The van der Waals surface area contributed by atoms with Crippen molar-refractivity contribution >= 4 is 25.9 Å². The van der Waals surface area contributed by atoms with E-state index >= 15 is 0 Å². The molecule has 5 atom stereocenters. The van der Waals surface area contributed by atoms with E-state index in [1.165, 1.54) is 29.0 Å². The largest absolute Gasteiger partial charge is 0.497 e. The monoisotopic (exact) mass is 1030 g/mol. The Labute approximate surface area is 430 Å². The minimum absolute atomic E-state index is 0.00119. The van der Waals surface area contributed by atoms with Crippen LogP contribution in [0.5, 0.6) is 11.5 Å². The highest BCUT2D eigenvalue weighted by Crippen LogP contribution is 2.49. The van der Waals surface area contributed by atoms with Crippen molar-refractivity contribution in [1.29, 1.82) is 5.26 Å². The molecule has 0 saturated carbocycles. The molecule has 1 amide bonds. The molecule has 20 heteroatoms. The fourth-order valence-electron chi connectivity index (χ4n) is 8.45. The fraction of sp³-hybridized carbons (Fsp3) is 0.333. The van der Waals surface area contributed by atoms with Gasteiger partial charge in [0.2, 0.25) is 0 Å². The lowest BCUT2D eigenvalue weighted by molar-refractivity contribution is -0.384. The van der Waals surface area contributed by atoms with Gasteiger partial charge in [0.25, 0.3) is 20.1 Å². The Hall–Kier alpha value is -6.95. The van der Waals surface area contributed by atoms with Crippen molar-refractivity contribution in [1.82, 2.24) is 14.2 Å². The number of nitrogens with zero attached hydrogens (tertiary/aromatic N) is 5. The van der Waals surface area contributed by atoms with Gasteiger partial charge in [-0.05, 0) is 105 Å². The lowest BCUT2D eigenvalue weighted by Gasteiger charge is -2.37. The van der Waals surface area contributed by atoms with Gasteiger partial charge in [-0.2, -0.15) is 14.9 Å². The van der Waals surface area contributed by atoms with E-state index in [-0.39, 0.29) is 56.6 Å². The number of anilines is 1. The number of hydrogen-bond donors (Lipinski definition) is 1. The number of ether oxygens (including phenoxy) is 6. The number of carbonyl (C=O) groups excluding carboxylic acids is 1. The van der Waals surface area contributed by atoms with Crippen LogP contribution >= 0.6 is 8.53 Å². The molecule has 0 aliphatic carbocycles. The van der Waals surface area contributed by atoms with Crippen molar-refractivity contribution < 1.29 is 52.2 Å². The summed E-state index contributed by atoms with van der Waals surface area (Å²) in [4.78, 5) is 49.0. The average Bonchev–Trinajstić information content (AvgIpc) is 3.76. The molecular weight excluding hydrogens is 972 g/mol. The number of carbonyl (C=O) groups is 1. The summed E-state index contributed by atoms with van der Waals surface area (Å²) in [5, 5.41) is 23.5. The average molecular weight is 1030 g/mol. The summed E-state index contributed by atoms with van der Waals surface area (Å²) in [6.45, 7) is 7.38. The summed E-state index contributed by atoms with van der Waals surface area (Å²) >= 11 is 0. The van der Waals surface area contributed by atoms with Gasteiger partial charge in [-0.15, -0.1) is 0 Å². The van der Waals surface area contributed by atoms with Crippen molar-refractivity contribution in [3.63, 3.8) is 0 Å². The summed E-state index contributed by atoms with van der Waals surface area (Å²) in [5.74, 6) is 0.780. The fourth-order valence-corrected chi connectivity index (χ4v) is 9.88. The predicted molar refractivity (Wildman–Crippen MR) is 274 cm³/mol. The summed E-state index contributed by atoms with van der Waals surface area (Å²) in [6.07, 6.45) is -3.28. The first-order chi connectivity index (χ1) is 35.9. The molecule has 7 rings (SSSR count). The Morgan fingerprint density at radius 1 is 0.851 bits per heavy atom. The molecule has 0 bridgehead atoms. The molecule has 1 N–H and O–H groups in total. The van der Waals surface area contributed by atoms with Gasteiger partial charge in [0.05, 0.1) is 51.5 Å². The summed E-state index contributed by atoms with van der Waals surface area (Å²) in [5.41, 5.74) is 1.02. The molecule has 6 aromatic rings. The normalized spacial score (nSPS) is 17.0. The molecule has 0 radical (unpaired) electrons. The zero-order valence-corrected chi connectivity index (χ0v) is 42.7. The van der Waals surface area contributed by atoms with Gasteiger partial charge in [-0.3, -0.25) is 19.5 Å². The summed E-state index contributed by atoms with van der Waals surface area (Å²) in [7, 11) is 1.18. The summed E-state index contributed by atoms with van der Waals surface area (Å²) < 4.78 is 53.7. The maximum atomic E-state index is 14.2. The van der Waals surface area contributed by atoms with Crippen LogP contribution in [0.15, 0.2) is 151 Å². The number of nitro groups is 1. The van der Waals surface area contributed by atoms with Crippen LogP contribution in [0.4, 0.5) is 11.5 Å². The Bertz CT molecular complexity index is 2780. The Kier molecular flexibility index (Phi) is 19.5. The van der Waals surface area contributed by atoms with Crippen molar-refractivity contribution in [2.75, 3.05) is 39.5 Å². The lowest BCUT2D eigenvalue weighted by Crippen LogP contribution is -2.43. The topological polar surface area (TPSA) is 217 Å². The van der Waals surface area contributed by atoms with Crippen LogP contribution in [0.1, 0.15) is 73.0 Å². The van der Waals surface area contributed by atoms with Crippen molar-refractivity contribution in [2.24, 2.45) is 0 Å². The molecule has 1 saturated heterocycles. The molecule has 1 unspecified atom stereocenters. The van der Waals surface area contributed by atoms with E-state index < -0.39 is 55.2 Å². The molecule has 1 aliphatic heterocycles. The van der Waals surface area contributed by atoms with Crippen LogP contribution in [-0.4, -0.2) is 89.7 Å². The smallest absolute Gasteiger partial charge is 0.351 e. The van der Waals surface area contributed by atoms with Gasteiger partial charge < -0.3 is 38.3 Å². The van der Waals surface area contributed by atoms with Gasteiger partial charge in [0.15, 0.2) is 12.3 Å². The zero-order chi connectivity index (χ0) is 52.6. The first-order valence-electron chi connectivity index (χ1n) is 23.8. The van der Waals surface area contributed by atoms with Crippen molar-refractivity contribution in [3.8, 4) is 17.6 Å². The standard InChI is InChI=1S/C54H59N6O13P/c1-37(2)59(38(3)4)74(70-33-13-31-55)73-72-49-47(35-69-54(41-16-11-8-12-17-41,42-20-26-45(65-5)27-21-42)43-22-28-46(66-6)29-23-43)71-52(50(49)68-36-67-34-39-18-24-44(25-19-39)60(63)64)58-32-30-48(57-53(58)62)56-51(61)40-14-9-7-10-15-40/h7-12,14-30,32,37-38,47,49-50,52H,13,33-36H2,1-6H3,(H,56,57,61,62)/t47-,49-,50-,52-,74?/m1/s1. The van der Waals surface area contributed by atoms with E-state index in [2.05, 4.69) is 16.4 Å². The van der Waals surface area contributed by atoms with Crippen LogP contribution in [0, 0.1) is 21.4 Å². The van der Waals surface area contributed by atoms with E-state index in [1.807, 2.05) is 111 Å². The molecule has 0 spiro atoms. The van der Waals surface area contributed by atoms with Crippen LogP contribution < -0.4 is 20.5 Å². The first-order valence-corrected chi connectivity index (χ1v) is 24.9. The van der Waals surface area contributed by atoms with Gasteiger partial charge >= 0.3 is 5.69 Å². The third kappa shape index (κ3) is 13.4. The molecule has 5 aromatic carbocycles. The number of amides is 1. The van der Waals surface area contributed by atoms with Crippen LogP contribution in [0.3, 0.4) is 0 Å². The molecular formula is C54H59N6O13P. The number of aromatic nitrogens is 2. The van der Waals surface area contributed by atoms with Gasteiger partial charge in [-0.25, -0.2) is 14.4 Å². The maximum Gasteiger partial charge on any atom is 0.351 e. The Morgan fingerprint density at radius 3 is 2.00 bits per heavy atom. The third-order valence-electron chi connectivity index (χ3n) is 11.9. The number of benzene rings is 5. The number of hydrogen-bond acceptors (Lipinski definition) is 16. The van der Waals surface area contributed by atoms with Crippen molar-refractivity contribution in [3.05, 3.63) is 194 Å². The molecule has 1 aromatic heterocycles. The maximum absolute atomic E-state index is 14.2.